The fourth-order valence-corrected chi connectivity index (χ4v) is 3.36. The molecule has 0 bridgehead atoms. The number of aliphatic hydroxyl groups is 1. The summed E-state index contributed by atoms with van der Waals surface area (Å²) in [6.45, 7) is 3.87. The summed E-state index contributed by atoms with van der Waals surface area (Å²) in [5.74, 6) is -4.60. The van der Waals surface area contributed by atoms with E-state index in [0.717, 1.165) is 27.5 Å². The number of fused-ring (bicyclic) bond motifs is 1. The number of nitrogens with zero attached hydrogens (tertiary/aromatic N) is 2. The standard InChI is InChI=1S/C22H21F2N3O2/c1-3-19(28)18-6-12(2)16(11-25-18)14-5-4-13-8-20(26-10-15(13)7-14)27-21(29)17-9-22(17,23)24/h4-8,10-11,17,19,28H,3,9H2,1-2H3,(H,26,27,29). The van der Waals surface area contributed by atoms with E-state index in [1.165, 1.54) is 0 Å². The Kier molecular flexibility index (Phi) is 4.78. The average molecular weight is 397 g/mol. The lowest BCUT2D eigenvalue weighted by atomic mass is 9.99. The minimum atomic E-state index is -2.90. The Morgan fingerprint density at radius 3 is 2.66 bits per heavy atom. The highest BCUT2D eigenvalue weighted by Gasteiger charge is 2.61. The lowest BCUT2D eigenvalue weighted by Crippen LogP contribution is -2.18. The molecule has 0 saturated heterocycles. The fraction of sp³-hybridized carbons (Fsp3) is 0.318. The second kappa shape index (κ2) is 7.15. The van der Waals surface area contributed by atoms with Crippen molar-refractivity contribution in [1.82, 2.24) is 9.97 Å². The van der Waals surface area contributed by atoms with Crippen molar-refractivity contribution in [2.45, 2.75) is 38.7 Å². The molecule has 3 aromatic rings. The van der Waals surface area contributed by atoms with Gasteiger partial charge in [-0.25, -0.2) is 13.8 Å². The van der Waals surface area contributed by atoms with E-state index < -0.39 is 30.3 Å². The number of halogens is 2. The van der Waals surface area contributed by atoms with Crippen molar-refractivity contribution in [2.75, 3.05) is 5.32 Å². The number of aromatic nitrogens is 2. The Balaban J connectivity index is 1.58. The quantitative estimate of drug-likeness (QED) is 0.658. The van der Waals surface area contributed by atoms with E-state index in [4.69, 9.17) is 0 Å². The zero-order chi connectivity index (χ0) is 20.8. The maximum absolute atomic E-state index is 13.0. The number of aryl methyl sites for hydroxylation is 1. The number of amides is 1. The molecule has 2 unspecified atom stereocenters. The average Bonchev–Trinajstić information content (AvgIpc) is 3.35. The Bertz CT molecular complexity index is 1100. The lowest BCUT2D eigenvalue weighted by molar-refractivity contribution is -0.119. The minimum Gasteiger partial charge on any atom is -0.387 e. The van der Waals surface area contributed by atoms with Crippen molar-refractivity contribution < 1.29 is 18.7 Å². The van der Waals surface area contributed by atoms with Crippen LogP contribution in [0.5, 0.6) is 0 Å². The number of nitrogens with one attached hydrogen (secondary N) is 1. The van der Waals surface area contributed by atoms with Crippen molar-refractivity contribution in [3.63, 3.8) is 0 Å². The topological polar surface area (TPSA) is 75.1 Å². The summed E-state index contributed by atoms with van der Waals surface area (Å²) in [7, 11) is 0. The van der Waals surface area contributed by atoms with E-state index in [1.54, 1.807) is 18.5 Å². The third-order valence-electron chi connectivity index (χ3n) is 5.29. The van der Waals surface area contributed by atoms with Gasteiger partial charge in [0.2, 0.25) is 5.91 Å². The molecule has 2 aromatic heterocycles. The first-order chi connectivity index (χ1) is 13.8. The predicted octanol–water partition coefficient (Wildman–Crippen LogP) is 4.64. The van der Waals surface area contributed by atoms with Gasteiger partial charge in [-0.1, -0.05) is 19.1 Å². The van der Waals surface area contributed by atoms with Crippen LogP contribution in [-0.2, 0) is 4.79 Å². The van der Waals surface area contributed by atoms with Gasteiger partial charge < -0.3 is 10.4 Å². The summed E-state index contributed by atoms with van der Waals surface area (Å²) < 4.78 is 26.1. The van der Waals surface area contributed by atoms with E-state index in [-0.39, 0.29) is 5.82 Å². The fourth-order valence-electron chi connectivity index (χ4n) is 3.36. The van der Waals surface area contributed by atoms with Gasteiger partial charge in [-0.3, -0.25) is 9.78 Å². The molecule has 1 saturated carbocycles. The molecule has 29 heavy (non-hydrogen) atoms. The van der Waals surface area contributed by atoms with Crippen LogP contribution in [0.15, 0.2) is 42.7 Å². The number of hydrogen-bond donors (Lipinski definition) is 2. The number of alkyl halides is 2. The van der Waals surface area contributed by atoms with Crippen LogP contribution in [0.1, 0.15) is 37.1 Å². The number of anilines is 1. The van der Waals surface area contributed by atoms with Crippen molar-refractivity contribution in [1.29, 1.82) is 0 Å². The summed E-state index contributed by atoms with van der Waals surface area (Å²) in [5.41, 5.74) is 3.56. The van der Waals surface area contributed by atoms with E-state index in [9.17, 15) is 18.7 Å². The Hall–Kier alpha value is -2.93. The Morgan fingerprint density at radius 1 is 1.24 bits per heavy atom. The van der Waals surface area contributed by atoms with Gasteiger partial charge in [0.15, 0.2) is 0 Å². The highest BCUT2D eigenvalue weighted by atomic mass is 19.3. The third kappa shape index (κ3) is 3.82. The number of benzene rings is 1. The molecule has 1 aromatic carbocycles. The zero-order valence-electron chi connectivity index (χ0n) is 16.1. The molecule has 1 aliphatic carbocycles. The highest BCUT2D eigenvalue weighted by molar-refractivity contribution is 5.96. The predicted molar refractivity (Wildman–Crippen MR) is 107 cm³/mol. The van der Waals surface area contributed by atoms with Gasteiger partial charge in [-0.15, -0.1) is 0 Å². The SMILES string of the molecule is CCC(O)c1cc(C)c(-c2ccc3cc(NC(=O)C4CC4(F)F)ncc3c2)cn1. The van der Waals surface area contributed by atoms with Crippen LogP contribution < -0.4 is 5.32 Å². The van der Waals surface area contributed by atoms with Gasteiger partial charge in [0.05, 0.1) is 11.8 Å². The summed E-state index contributed by atoms with van der Waals surface area (Å²) >= 11 is 0. The smallest absolute Gasteiger partial charge is 0.260 e. The number of pyridine rings is 2. The van der Waals surface area contributed by atoms with Gasteiger partial charge in [-0.2, -0.15) is 0 Å². The number of aliphatic hydroxyl groups excluding tert-OH is 1. The molecule has 1 aliphatic rings. The molecule has 2 N–H and O–H groups in total. The molecule has 7 heteroatoms. The molecule has 5 nitrogen and oxygen atoms in total. The maximum atomic E-state index is 13.0. The minimum absolute atomic E-state index is 0.258. The molecule has 2 atom stereocenters. The molecule has 1 fully saturated rings. The summed E-state index contributed by atoms with van der Waals surface area (Å²) in [5, 5.41) is 14.1. The van der Waals surface area contributed by atoms with Gasteiger partial charge in [0.1, 0.15) is 11.7 Å². The van der Waals surface area contributed by atoms with Crippen LogP contribution in [0.2, 0.25) is 0 Å². The third-order valence-corrected chi connectivity index (χ3v) is 5.29. The number of carbonyl (C=O) groups is 1. The molecule has 0 radical (unpaired) electrons. The second-order valence-corrected chi connectivity index (χ2v) is 7.49. The molecule has 2 heterocycles. The summed E-state index contributed by atoms with van der Waals surface area (Å²) in [4.78, 5) is 20.4. The molecule has 0 aliphatic heterocycles. The zero-order valence-corrected chi connectivity index (χ0v) is 16.1. The van der Waals surface area contributed by atoms with Crippen LogP contribution in [-0.4, -0.2) is 26.9 Å². The van der Waals surface area contributed by atoms with Crippen LogP contribution in [0.4, 0.5) is 14.6 Å². The first kappa shape index (κ1) is 19.4. The van der Waals surface area contributed by atoms with E-state index in [0.29, 0.717) is 12.1 Å². The highest BCUT2D eigenvalue weighted by Crippen LogP contribution is 2.49. The van der Waals surface area contributed by atoms with Gasteiger partial charge >= 0.3 is 0 Å². The molecular weight excluding hydrogens is 376 g/mol. The molecule has 1 amide bonds. The molecule has 150 valence electrons. The van der Waals surface area contributed by atoms with E-state index in [1.807, 2.05) is 38.1 Å². The van der Waals surface area contributed by atoms with Crippen LogP contribution >= 0.6 is 0 Å². The van der Waals surface area contributed by atoms with Crippen LogP contribution in [0.3, 0.4) is 0 Å². The summed E-state index contributed by atoms with van der Waals surface area (Å²) in [6, 6.07) is 9.34. The molecular formula is C22H21F2N3O2. The maximum Gasteiger partial charge on any atom is 0.260 e. The number of carbonyl (C=O) groups excluding carboxylic acids is 1. The van der Waals surface area contributed by atoms with E-state index >= 15 is 0 Å². The first-order valence-electron chi connectivity index (χ1n) is 9.52. The normalized spacial score (nSPS) is 18.4. The number of hydrogen-bond acceptors (Lipinski definition) is 4. The van der Waals surface area contributed by atoms with Crippen molar-refractivity contribution in [2.24, 2.45) is 5.92 Å². The Labute approximate surface area is 166 Å². The van der Waals surface area contributed by atoms with Crippen molar-refractivity contribution in [3.05, 3.63) is 54.0 Å². The van der Waals surface area contributed by atoms with Crippen LogP contribution in [0.25, 0.3) is 21.9 Å². The second-order valence-electron chi connectivity index (χ2n) is 7.49. The Morgan fingerprint density at radius 2 is 2.00 bits per heavy atom. The largest absolute Gasteiger partial charge is 0.387 e. The van der Waals surface area contributed by atoms with Gasteiger partial charge in [-0.05, 0) is 48.1 Å². The van der Waals surface area contributed by atoms with Crippen LogP contribution in [0, 0.1) is 12.8 Å². The van der Waals surface area contributed by atoms with E-state index in [2.05, 4.69) is 15.3 Å². The van der Waals surface area contributed by atoms with Crippen molar-refractivity contribution in [3.8, 4) is 11.1 Å². The molecule has 4 rings (SSSR count). The monoisotopic (exact) mass is 397 g/mol. The lowest BCUT2D eigenvalue weighted by Gasteiger charge is -2.12. The molecule has 0 spiro atoms. The number of rotatable bonds is 5. The van der Waals surface area contributed by atoms with Gasteiger partial charge in [0, 0.05) is 29.8 Å². The first-order valence-corrected chi connectivity index (χ1v) is 9.52. The summed E-state index contributed by atoms with van der Waals surface area (Å²) in [6.07, 6.45) is 2.98. The van der Waals surface area contributed by atoms with Gasteiger partial charge in [0.25, 0.3) is 5.92 Å². The van der Waals surface area contributed by atoms with Crippen molar-refractivity contribution >= 4 is 22.5 Å².